The van der Waals surface area contributed by atoms with E-state index in [1.54, 1.807) is 0 Å². The molecule has 1 aromatic rings. The molecule has 0 aliphatic carbocycles. The van der Waals surface area contributed by atoms with Gasteiger partial charge in [-0.25, -0.2) is 0 Å². The van der Waals surface area contributed by atoms with Crippen LogP contribution >= 0.6 is 0 Å². The number of nitrogens with zero attached hydrogens (tertiary/aromatic N) is 1. The van der Waals surface area contributed by atoms with Crippen LogP contribution < -0.4 is 10.2 Å². The molecule has 0 amide bonds. The highest BCUT2D eigenvalue weighted by molar-refractivity contribution is 5.55. The Kier molecular flexibility index (Phi) is 5.71. The van der Waals surface area contributed by atoms with E-state index in [9.17, 15) is 0 Å². The number of nitrogens with one attached hydrogen (secondary N) is 1. The molecule has 19 heavy (non-hydrogen) atoms. The lowest BCUT2D eigenvalue weighted by atomic mass is 10.0. The van der Waals surface area contributed by atoms with E-state index in [0.29, 0.717) is 0 Å². The molecule has 2 nitrogen and oxygen atoms in total. The molecule has 1 aliphatic rings. The molecular formula is C17H28N2. The van der Waals surface area contributed by atoms with Gasteiger partial charge >= 0.3 is 0 Å². The summed E-state index contributed by atoms with van der Waals surface area (Å²) in [6, 6.07) is 8.90. The molecule has 1 heterocycles. The lowest BCUT2D eigenvalue weighted by Crippen LogP contribution is -2.30. The number of benzene rings is 1. The highest BCUT2D eigenvalue weighted by Crippen LogP contribution is 2.26. The fourth-order valence-electron chi connectivity index (χ4n) is 2.79. The van der Waals surface area contributed by atoms with Gasteiger partial charge in [0.15, 0.2) is 0 Å². The first-order chi connectivity index (χ1) is 9.27. The molecule has 0 spiro atoms. The number of unbranched alkanes of at least 4 members (excludes halogenated alkanes) is 1. The van der Waals surface area contributed by atoms with Gasteiger partial charge in [-0.05, 0) is 56.3 Å². The van der Waals surface area contributed by atoms with E-state index in [0.717, 1.165) is 19.0 Å². The SMILES string of the molecule is CC(C)CNCCCCN1CCCc2ccccc21. The van der Waals surface area contributed by atoms with Crippen molar-refractivity contribution in [1.82, 2.24) is 5.32 Å². The van der Waals surface area contributed by atoms with Crippen LogP contribution in [0.25, 0.3) is 0 Å². The Balaban J connectivity index is 1.70. The van der Waals surface area contributed by atoms with Gasteiger partial charge in [-0.1, -0.05) is 32.0 Å². The third kappa shape index (κ3) is 4.54. The molecule has 0 unspecified atom stereocenters. The Morgan fingerprint density at radius 2 is 2.05 bits per heavy atom. The molecular weight excluding hydrogens is 232 g/mol. The monoisotopic (exact) mass is 260 g/mol. The van der Waals surface area contributed by atoms with E-state index in [1.807, 2.05) is 0 Å². The Hall–Kier alpha value is -1.02. The largest absolute Gasteiger partial charge is 0.371 e. The van der Waals surface area contributed by atoms with Crippen molar-refractivity contribution in [2.24, 2.45) is 5.92 Å². The lowest BCUT2D eigenvalue weighted by Gasteiger charge is -2.31. The molecule has 1 aliphatic heterocycles. The summed E-state index contributed by atoms with van der Waals surface area (Å²) in [4.78, 5) is 2.57. The molecule has 106 valence electrons. The smallest absolute Gasteiger partial charge is 0.0398 e. The number of aryl methyl sites for hydroxylation is 1. The Morgan fingerprint density at radius 1 is 1.21 bits per heavy atom. The lowest BCUT2D eigenvalue weighted by molar-refractivity contribution is 0.532. The van der Waals surface area contributed by atoms with Crippen molar-refractivity contribution < 1.29 is 0 Å². The summed E-state index contributed by atoms with van der Waals surface area (Å²) in [7, 11) is 0. The maximum atomic E-state index is 3.52. The van der Waals surface area contributed by atoms with Crippen molar-refractivity contribution in [3.05, 3.63) is 29.8 Å². The van der Waals surface area contributed by atoms with Crippen molar-refractivity contribution >= 4 is 5.69 Å². The summed E-state index contributed by atoms with van der Waals surface area (Å²) in [5.41, 5.74) is 3.01. The number of para-hydroxylation sites is 1. The first-order valence-electron chi connectivity index (χ1n) is 7.81. The maximum Gasteiger partial charge on any atom is 0.0398 e. The standard InChI is InChI=1S/C17H28N2/c1-15(2)14-18-11-5-6-12-19-13-7-9-16-8-3-4-10-17(16)19/h3-4,8,10,15,18H,5-7,9,11-14H2,1-2H3. The van der Waals surface area contributed by atoms with Crippen molar-refractivity contribution in [2.45, 2.75) is 39.5 Å². The number of hydrogen-bond acceptors (Lipinski definition) is 2. The van der Waals surface area contributed by atoms with Gasteiger partial charge in [-0.15, -0.1) is 0 Å². The van der Waals surface area contributed by atoms with Crippen LogP contribution in [0.1, 0.15) is 38.7 Å². The molecule has 0 fully saturated rings. The van der Waals surface area contributed by atoms with Gasteiger partial charge in [0.2, 0.25) is 0 Å². The van der Waals surface area contributed by atoms with E-state index >= 15 is 0 Å². The zero-order valence-electron chi connectivity index (χ0n) is 12.5. The van der Waals surface area contributed by atoms with Gasteiger partial charge in [-0.3, -0.25) is 0 Å². The minimum absolute atomic E-state index is 0.758. The second-order valence-corrected chi connectivity index (χ2v) is 6.02. The summed E-state index contributed by atoms with van der Waals surface area (Å²) in [5.74, 6) is 0.758. The fourth-order valence-corrected chi connectivity index (χ4v) is 2.79. The van der Waals surface area contributed by atoms with Crippen LogP contribution in [-0.2, 0) is 6.42 Å². The molecule has 1 N–H and O–H groups in total. The minimum Gasteiger partial charge on any atom is -0.371 e. The number of fused-ring (bicyclic) bond motifs is 1. The van der Waals surface area contributed by atoms with E-state index < -0.39 is 0 Å². The zero-order chi connectivity index (χ0) is 13.5. The van der Waals surface area contributed by atoms with Crippen molar-refractivity contribution in [3.63, 3.8) is 0 Å². The summed E-state index contributed by atoms with van der Waals surface area (Å²) in [6.07, 6.45) is 5.13. The van der Waals surface area contributed by atoms with E-state index in [4.69, 9.17) is 0 Å². The maximum absolute atomic E-state index is 3.52. The van der Waals surface area contributed by atoms with Crippen LogP contribution in [0.2, 0.25) is 0 Å². The molecule has 0 bridgehead atoms. The van der Waals surface area contributed by atoms with Gasteiger partial charge < -0.3 is 10.2 Å². The molecule has 1 aromatic carbocycles. The van der Waals surface area contributed by atoms with Crippen LogP contribution in [0.3, 0.4) is 0 Å². The van der Waals surface area contributed by atoms with Gasteiger partial charge in [0.05, 0.1) is 0 Å². The molecule has 0 atom stereocenters. The van der Waals surface area contributed by atoms with Crippen LogP contribution in [0, 0.1) is 5.92 Å². The Bertz CT molecular complexity index is 373. The highest BCUT2D eigenvalue weighted by Gasteiger charge is 2.15. The van der Waals surface area contributed by atoms with Gasteiger partial charge in [-0.2, -0.15) is 0 Å². The summed E-state index contributed by atoms with van der Waals surface area (Å²) in [5, 5.41) is 3.52. The summed E-state index contributed by atoms with van der Waals surface area (Å²) < 4.78 is 0. The van der Waals surface area contributed by atoms with Gasteiger partial charge in [0.1, 0.15) is 0 Å². The highest BCUT2D eigenvalue weighted by atomic mass is 15.1. The zero-order valence-corrected chi connectivity index (χ0v) is 12.5. The Labute approximate surface area is 118 Å². The third-order valence-electron chi connectivity index (χ3n) is 3.79. The van der Waals surface area contributed by atoms with Crippen molar-refractivity contribution in [2.75, 3.05) is 31.1 Å². The molecule has 0 saturated carbocycles. The van der Waals surface area contributed by atoms with Crippen LogP contribution in [0.15, 0.2) is 24.3 Å². The third-order valence-corrected chi connectivity index (χ3v) is 3.79. The molecule has 2 rings (SSSR count). The first kappa shape index (κ1) is 14.4. The normalized spacial score (nSPS) is 14.8. The predicted octanol–water partition coefficient (Wildman–Crippen LogP) is 3.47. The number of anilines is 1. The van der Waals surface area contributed by atoms with Crippen LogP contribution in [0.4, 0.5) is 5.69 Å². The minimum atomic E-state index is 0.758. The van der Waals surface area contributed by atoms with Crippen LogP contribution in [0.5, 0.6) is 0 Å². The second-order valence-electron chi connectivity index (χ2n) is 6.02. The molecule has 2 heteroatoms. The summed E-state index contributed by atoms with van der Waals surface area (Å²) >= 11 is 0. The van der Waals surface area contributed by atoms with Crippen molar-refractivity contribution in [3.8, 4) is 0 Å². The average molecular weight is 260 g/mol. The second kappa shape index (κ2) is 7.54. The molecule has 0 aromatic heterocycles. The number of hydrogen-bond donors (Lipinski definition) is 1. The molecule has 0 radical (unpaired) electrons. The summed E-state index contributed by atoms with van der Waals surface area (Å²) in [6.45, 7) is 9.27. The van der Waals surface area contributed by atoms with Crippen molar-refractivity contribution in [1.29, 1.82) is 0 Å². The Morgan fingerprint density at radius 3 is 2.89 bits per heavy atom. The topological polar surface area (TPSA) is 15.3 Å². The van der Waals surface area contributed by atoms with E-state index in [1.165, 1.54) is 50.0 Å². The van der Waals surface area contributed by atoms with Gasteiger partial charge in [0, 0.05) is 18.8 Å². The molecule has 0 saturated heterocycles. The average Bonchev–Trinajstić information content (AvgIpc) is 2.42. The van der Waals surface area contributed by atoms with Crippen LogP contribution in [-0.4, -0.2) is 26.2 Å². The fraction of sp³-hybridized carbons (Fsp3) is 0.647. The van der Waals surface area contributed by atoms with E-state index in [-0.39, 0.29) is 0 Å². The predicted molar refractivity (Wildman–Crippen MR) is 83.9 cm³/mol. The first-order valence-corrected chi connectivity index (χ1v) is 7.81. The number of rotatable bonds is 7. The van der Waals surface area contributed by atoms with E-state index in [2.05, 4.69) is 48.3 Å². The van der Waals surface area contributed by atoms with Gasteiger partial charge in [0.25, 0.3) is 0 Å². The quantitative estimate of drug-likeness (QED) is 0.755.